The molecule has 0 saturated heterocycles. The Kier molecular flexibility index (Phi) is 2.56. The van der Waals surface area contributed by atoms with Gasteiger partial charge in [0, 0.05) is 6.54 Å². The predicted octanol–water partition coefficient (Wildman–Crippen LogP) is 3.04. The molecule has 5 heteroatoms. The molecule has 0 aromatic carbocycles. The fourth-order valence-electron chi connectivity index (χ4n) is 3.14. The van der Waals surface area contributed by atoms with Crippen molar-refractivity contribution in [2.75, 3.05) is 11.9 Å². The van der Waals surface area contributed by atoms with Gasteiger partial charge in [0.15, 0.2) is 11.0 Å². The Morgan fingerprint density at radius 3 is 2.87 bits per heavy atom. The second-order valence-electron chi connectivity index (χ2n) is 4.72. The van der Waals surface area contributed by atoms with Crippen molar-refractivity contribution in [1.82, 2.24) is 8.75 Å². The third-order valence-corrected chi connectivity index (χ3v) is 4.76. The van der Waals surface area contributed by atoms with Crippen molar-refractivity contribution in [1.29, 1.82) is 0 Å². The average molecular weight is 244 g/mol. The van der Waals surface area contributed by atoms with E-state index in [1.54, 1.807) is 0 Å². The number of hydrogen-bond donors (Lipinski definition) is 1. The number of aromatic nitrogens is 2. The lowest BCUT2D eigenvalue weighted by molar-refractivity contribution is 0.348. The summed E-state index contributed by atoms with van der Waals surface area (Å²) in [6, 6.07) is 0. The maximum absolute atomic E-state index is 5.88. The van der Waals surface area contributed by atoms with E-state index in [2.05, 4.69) is 14.1 Å². The van der Waals surface area contributed by atoms with Crippen LogP contribution >= 0.6 is 23.3 Å². The van der Waals surface area contributed by atoms with E-state index in [-0.39, 0.29) is 0 Å². The Morgan fingerprint density at radius 2 is 2.27 bits per heavy atom. The summed E-state index contributed by atoms with van der Waals surface area (Å²) < 4.78 is 8.07. The summed E-state index contributed by atoms with van der Waals surface area (Å²) in [7, 11) is 0. The summed E-state index contributed by atoms with van der Waals surface area (Å²) in [6.07, 6.45) is 5.74. The maximum atomic E-state index is 5.88. The lowest BCUT2D eigenvalue weighted by atomic mass is 9.89. The van der Waals surface area contributed by atoms with Crippen molar-refractivity contribution < 1.29 is 0 Å². The SMILES string of the molecule is Clc1nsnc1NCC1CC2CCC1C2. The summed E-state index contributed by atoms with van der Waals surface area (Å²) >= 11 is 7.05. The second kappa shape index (κ2) is 3.91. The number of nitrogens with one attached hydrogen (secondary N) is 1. The number of halogens is 1. The summed E-state index contributed by atoms with van der Waals surface area (Å²) in [5, 5.41) is 3.84. The smallest absolute Gasteiger partial charge is 0.186 e. The summed E-state index contributed by atoms with van der Waals surface area (Å²) in [5.74, 6) is 3.56. The molecule has 0 amide bonds. The van der Waals surface area contributed by atoms with Crippen molar-refractivity contribution >= 4 is 29.1 Å². The van der Waals surface area contributed by atoms with E-state index >= 15 is 0 Å². The lowest BCUT2D eigenvalue weighted by Gasteiger charge is -2.21. The van der Waals surface area contributed by atoms with Crippen LogP contribution in [0, 0.1) is 17.8 Å². The van der Waals surface area contributed by atoms with Crippen LogP contribution in [0.3, 0.4) is 0 Å². The van der Waals surface area contributed by atoms with E-state index in [1.807, 2.05) is 0 Å². The molecule has 2 aliphatic carbocycles. The highest BCUT2D eigenvalue weighted by Gasteiger charge is 2.39. The standard InChI is InChI=1S/C10H14ClN3S/c11-9-10(14-15-13-9)12-5-8-4-6-1-2-7(8)3-6/h6-8H,1-5H2,(H,12,14). The van der Waals surface area contributed by atoms with Gasteiger partial charge in [-0.2, -0.15) is 8.75 Å². The zero-order chi connectivity index (χ0) is 10.3. The normalized spacial score (nSPS) is 33.5. The van der Waals surface area contributed by atoms with Gasteiger partial charge in [-0.15, -0.1) is 0 Å². The molecule has 82 valence electrons. The van der Waals surface area contributed by atoms with Crippen LogP contribution in [0.2, 0.25) is 5.15 Å². The van der Waals surface area contributed by atoms with Crippen molar-refractivity contribution in [2.45, 2.75) is 25.7 Å². The number of hydrogen-bond acceptors (Lipinski definition) is 4. The molecule has 2 aliphatic rings. The third-order valence-electron chi connectivity index (χ3n) is 3.86. The monoisotopic (exact) mass is 243 g/mol. The molecule has 0 spiro atoms. The lowest BCUT2D eigenvalue weighted by Crippen LogP contribution is -2.20. The zero-order valence-corrected chi connectivity index (χ0v) is 10.0. The first-order valence-corrected chi connectivity index (χ1v) is 6.65. The average Bonchev–Trinajstić information content (AvgIpc) is 2.90. The fraction of sp³-hybridized carbons (Fsp3) is 0.800. The Hall–Kier alpha value is -0.350. The van der Waals surface area contributed by atoms with Crippen LogP contribution in [-0.2, 0) is 0 Å². The maximum Gasteiger partial charge on any atom is 0.186 e. The van der Waals surface area contributed by atoms with Gasteiger partial charge in [0.25, 0.3) is 0 Å². The van der Waals surface area contributed by atoms with Crippen LogP contribution < -0.4 is 5.32 Å². The first-order valence-electron chi connectivity index (χ1n) is 5.55. The molecule has 1 N–H and O–H groups in total. The molecule has 3 atom stereocenters. The fourth-order valence-corrected chi connectivity index (χ4v) is 3.82. The highest BCUT2D eigenvalue weighted by Crippen LogP contribution is 2.48. The molecule has 1 aromatic heterocycles. The molecule has 15 heavy (non-hydrogen) atoms. The van der Waals surface area contributed by atoms with Gasteiger partial charge in [-0.05, 0) is 37.0 Å². The minimum Gasteiger partial charge on any atom is -0.366 e. The van der Waals surface area contributed by atoms with Crippen LogP contribution in [0.5, 0.6) is 0 Å². The molecule has 2 fully saturated rings. The molecule has 2 saturated carbocycles. The predicted molar refractivity (Wildman–Crippen MR) is 62.3 cm³/mol. The number of anilines is 1. The Morgan fingerprint density at radius 1 is 1.33 bits per heavy atom. The van der Waals surface area contributed by atoms with Crippen LogP contribution in [0.25, 0.3) is 0 Å². The van der Waals surface area contributed by atoms with E-state index in [9.17, 15) is 0 Å². The molecule has 0 radical (unpaired) electrons. The second-order valence-corrected chi connectivity index (χ2v) is 5.61. The van der Waals surface area contributed by atoms with Gasteiger partial charge in [0.1, 0.15) is 0 Å². The number of nitrogens with zero attached hydrogens (tertiary/aromatic N) is 2. The van der Waals surface area contributed by atoms with Crippen molar-refractivity contribution in [3.8, 4) is 0 Å². The highest BCUT2D eigenvalue weighted by atomic mass is 35.5. The van der Waals surface area contributed by atoms with E-state index < -0.39 is 0 Å². The van der Waals surface area contributed by atoms with Crippen LogP contribution in [0.1, 0.15) is 25.7 Å². The minimum atomic E-state index is 0.517. The number of rotatable bonds is 3. The first-order chi connectivity index (χ1) is 7.33. The molecular formula is C10H14ClN3S. The molecule has 3 rings (SSSR count). The summed E-state index contributed by atoms with van der Waals surface area (Å²) in [4.78, 5) is 0. The summed E-state index contributed by atoms with van der Waals surface area (Å²) in [6.45, 7) is 1.02. The van der Waals surface area contributed by atoms with E-state index in [0.717, 1.165) is 30.1 Å². The largest absolute Gasteiger partial charge is 0.366 e. The molecule has 0 aliphatic heterocycles. The van der Waals surface area contributed by atoms with Crippen LogP contribution in [0.4, 0.5) is 5.82 Å². The topological polar surface area (TPSA) is 37.8 Å². The zero-order valence-electron chi connectivity index (χ0n) is 8.45. The van der Waals surface area contributed by atoms with Crippen LogP contribution in [-0.4, -0.2) is 15.3 Å². The van der Waals surface area contributed by atoms with Gasteiger partial charge >= 0.3 is 0 Å². The van der Waals surface area contributed by atoms with Gasteiger partial charge < -0.3 is 5.32 Å². The van der Waals surface area contributed by atoms with Gasteiger partial charge in [0.2, 0.25) is 0 Å². The molecule has 1 heterocycles. The Labute approximate surface area is 98.6 Å². The van der Waals surface area contributed by atoms with E-state index in [0.29, 0.717) is 5.15 Å². The molecule has 1 aromatic rings. The van der Waals surface area contributed by atoms with E-state index in [4.69, 9.17) is 11.6 Å². The summed E-state index contributed by atoms with van der Waals surface area (Å²) in [5.41, 5.74) is 0. The van der Waals surface area contributed by atoms with Gasteiger partial charge in [0.05, 0.1) is 11.7 Å². The number of fused-ring (bicyclic) bond motifs is 2. The molecule has 3 unspecified atom stereocenters. The van der Waals surface area contributed by atoms with E-state index in [1.165, 1.54) is 37.4 Å². The molecular weight excluding hydrogens is 230 g/mol. The molecule has 2 bridgehead atoms. The minimum absolute atomic E-state index is 0.517. The third kappa shape index (κ3) is 1.85. The van der Waals surface area contributed by atoms with Gasteiger partial charge in [-0.3, -0.25) is 0 Å². The highest BCUT2D eigenvalue weighted by molar-refractivity contribution is 6.99. The quantitative estimate of drug-likeness (QED) is 0.887. The Balaban J connectivity index is 1.57. The van der Waals surface area contributed by atoms with Crippen molar-refractivity contribution in [2.24, 2.45) is 17.8 Å². The van der Waals surface area contributed by atoms with Crippen molar-refractivity contribution in [3.05, 3.63) is 5.15 Å². The molecule has 3 nitrogen and oxygen atoms in total. The van der Waals surface area contributed by atoms with Gasteiger partial charge in [-0.25, -0.2) is 0 Å². The Bertz CT molecular complexity index is 354. The van der Waals surface area contributed by atoms with Crippen molar-refractivity contribution in [3.63, 3.8) is 0 Å². The van der Waals surface area contributed by atoms with Crippen LogP contribution in [0.15, 0.2) is 0 Å². The first kappa shape index (κ1) is 9.85. The van der Waals surface area contributed by atoms with Gasteiger partial charge in [-0.1, -0.05) is 18.0 Å².